The van der Waals surface area contributed by atoms with Gasteiger partial charge in [-0.2, -0.15) is 0 Å². The van der Waals surface area contributed by atoms with Crippen molar-refractivity contribution in [2.45, 2.75) is 32.6 Å². The Bertz CT molecular complexity index is 289. The molecule has 76 valence electrons. The van der Waals surface area contributed by atoms with Crippen LogP contribution in [0.15, 0.2) is 36.4 Å². The largest absolute Gasteiger partial charge is 0.508 e. The van der Waals surface area contributed by atoms with E-state index in [9.17, 15) is 5.11 Å². The number of hydrogen-bond donors (Lipinski definition) is 1. The van der Waals surface area contributed by atoms with Crippen LogP contribution in [0.4, 0.5) is 0 Å². The maximum Gasteiger partial charge on any atom is 0.119 e. The van der Waals surface area contributed by atoms with E-state index in [2.05, 4.69) is 19.1 Å². The number of unbranched alkanes of at least 4 members (excludes halogenated alkanes) is 2. The SMILES string of the molecule is CCCCC=CCc1ccccc1O. The predicted octanol–water partition coefficient (Wildman–Crippen LogP) is 3.68. The summed E-state index contributed by atoms with van der Waals surface area (Å²) in [6, 6.07) is 7.49. The molecule has 0 aliphatic carbocycles. The van der Waals surface area contributed by atoms with Crippen LogP contribution in [0.3, 0.4) is 0 Å². The normalized spacial score (nSPS) is 10.9. The highest BCUT2D eigenvalue weighted by Gasteiger charge is 1.94. The molecule has 0 unspecified atom stereocenters. The van der Waals surface area contributed by atoms with Crippen LogP contribution in [0, 0.1) is 0 Å². The van der Waals surface area contributed by atoms with Crippen LogP contribution in [-0.4, -0.2) is 5.11 Å². The third-order valence-electron chi connectivity index (χ3n) is 2.22. The van der Waals surface area contributed by atoms with Gasteiger partial charge in [0.25, 0.3) is 0 Å². The van der Waals surface area contributed by atoms with Gasteiger partial charge in [0.1, 0.15) is 5.75 Å². The standard InChI is InChI=1S/C13H18O/c1-2-3-4-5-6-9-12-10-7-8-11-13(12)14/h5-8,10-11,14H,2-4,9H2,1H3. The van der Waals surface area contributed by atoms with Crippen molar-refractivity contribution in [3.63, 3.8) is 0 Å². The monoisotopic (exact) mass is 190 g/mol. The van der Waals surface area contributed by atoms with Crippen molar-refractivity contribution in [2.75, 3.05) is 0 Å². The maximum atomic E-state index is 9.48. The number of phenolic OH excluding ortho intramolecular Hbond substituents is 1. The topological polar surface area (TPSA) is 20.2 Å². The first-order chi connectivity index (χ1) is 6.84. The lowest BCUT2D eigenvalue weighted by molar-refractivity contribution is 0.469. The Morgan fingerprint density at radius 3 is 2.71 bits per heavy atom. The number of para-hydroxylation sites is 1. The van der Waals surface area contributed by atoms with Crippen molar-refractivity contribution in [3.05, 3.63) is 42.0 Å². The summed E-state index contributed by atoms with van der Waals surface area (Å²) in [6.07, 6.45) is 8.78. The lowest BCUT2D eigenvalue weighted by Crippen LogP contribution is -1.81. The van der Waals surface area contributed by atoms with Crippen molar-refractivity contribution in [3.8, 4) is 5.75 Å². The highest BCUT2D eigenvalue weighted by atomic mass is 16.3. The predicted molar refractivity (Wildman–Crippen MR) is 60.5 cm³/mol. The number of benzene rings is 1. The number of phenols is 1. The van der Waals surface area contributed by atoms with Gasteiger partial charge in [0.2, 0.25) is 0 Å². The number of hydrogen-bond acceptors (Lipinski definition) is 1. The maximum absolute atomic E-state index is 9.48. The Kier molecular flexibility index (Phi) is 4.84. The number of aromatic hydroxyl groups is 1. The fourth-order valence-electron chi connectivity index (χ4n) is 1.33. The third-order valence-corrected chi connectivity index (χ3v) is 2.22. The highest BCUT2D eigenvalue weighted by Crippen LogP contribution is 2.16. The summed E-state index contributed by atoms with van der Waals surface area (Å²) in [4.78, 5) is 0. The molecule has 0 fully saturated rings. The average molecular weight is 190 g/mol. The Morgan fingerprint density at radius 2 is 2.00 bits per heavy atom. The summed E-state index contributed by atoms with van der Waals surface area (Å²) in [5.41, 5.74) is 1.00. The minimum atomic E-state index is 0.396. The molecular formula is C13H18O. The van der Waals surface area contributed by atoms with E-state index in [-0.39, 0.29) is 0 Å². The molecule has 14 heavy (non-hydrogen) atoms. The Hall–Kier alpha value is -1.24. The van der Waals surface area contributed by atoms with Crippen LogP contribution in [0.1, 0.15) is 31.7 Å². The molecule has 0 spiro atoms. The third kappa shape index (κ3) is 3.65. The zero-order valence-corrected chi connectivity index (χ0v) is 8.74. The minimum Gasteiger partial charge on any atom is -0.508 e. The zero-order valence-electron chi connectivity index (χ0n) is 8.74. The van der Waals surface area contributed by atoms with E-state index in [1.807, 2.05) is 18.2 Å². The van der Waals surface area contributed by atoms with Crippen LogP contribution >= 0.6 is 0 Å². The molecular weight excluding hydrogens is 172 g/mol. The van der Waals surface area contributed by atoms with E-state index in [0.717, 1.165) is 18.4 Å². The van der Waals surface area contributed by atoms with E-state index in [0.29, 0.717) is 5.75 Å². The average Bonchev–Trinajstić information content (AvgIpc) is 2.20. The Balaban J connectivity index is 2.38. The van der Waals surface area contributed by atoms with Gasteiger partial charge < -0.3 is 5.11 Å². The molecule has 0 heterocycles. The molecule has 0 radical (unpaired) electrons. The van der Waals surface area contributed by atoms with Gasteiger partial charge in [-0.1, -0.05) is 50.1 Å². The molecule has 0 saturated heterocycles. The molecule has 0 aromatic heterocycles. The second-order valence-corrected chi connectivity index (χ2v) is 3.45. The summed E-state index contributed by atoms with van der Waals surface area (Å²) in [7, 11) is 0. The fraction of sp³-hybridized carbons (Fsp3) is 0.385. The van der Waals surface area contributed by atoms with Gasteiger partial charge in [-0.05, 0) is 24.5 Å². The second kappa shape index (κ2) is 6.25. The van der Waals surface area contributed by atoms with Gasteiger partial charge >= 0.3 is 0 Å². The summed E-state index contributed by atoms with van der Waals surface area (Å²) in [5, 5.41) is 9.48. The van der Waals surface area contributed by atoms with E-state index in [1.54, 1.807) is 6.07 Å². The molecule has 0 atom stereocenters. The van der Waals surface area contributed by atoms with Crippen LogP contribution < -0.4 is 0 Å². The summed E-state index contributed by atoms with van der Waals surface area (Å²) >= 11 is 0. The van der Waals surface area contributed by atoms with Gasteiger partial charge in [0.05, 0.1) is 0 Å². The quantitative estimate of drug-likeness (QED) is 0.554. The van der Waals surface area contributed by atoms with E-state index >= 15 is 0 Å². The van der Waals surface area contributed by atoms with Crippen LogP contribution in [0.5, 0.6) is 5.75 Å². The summed E-state index contributed by atoms with van der Waals surface area (Å²) < 4.78 is 0. The zero-order chi connectivity index (χ0) is 10.2. The number of allylic oxidation sites excluding steroid dienone is 2. The first kappa shape index (κ1) is 10.8. The van der Waals surface area contributed by atoms with E-state index in [4.69, 9.17) is 0 Å². The van der Waals surface area contributed by atoms with E-state index < -0.39 is 0 Å². The molecule has 1 heteroatoms. The lowest BCUT2D eigenvalue weighted by Gasteiger charge is -1.99. The van der Waals surface area contributed by atoms with Gasteiger partial charge in [-0.15, -0.1) is 0 Å². The molecule has 1 rings (SSSR count). The van der Waals surface area contributed by atoms with Crippen molar-refractivity contribution < 1.29 is 5.11 Å². The molecule has 1 N–H and O–H groups in total. The molecule has 1 aromatic carbocycles. The Labute approximate surface area is 86.1 Å². The first-order valence-electron chi connectivity index (χ1n) is 5.26. The first-order valence-corrected chi connectivity index (χ1v) is 5.26. The van der Waals surface area contributed by atoms with Crippen molar-refractivity contribution in [2.24, 2.45) is 0 Å². The van der Waals surface area contributed by atoms with Crippen molar-refractivity contribution in [1.29, 1.82) is 0 Å². The molecule has 0 amide bonds. The summed E-state index contributed by atoms with van der Waals surface area (Å²) in [5.74, 6) is 0.396. The Morgan fingerprint density at radius 1 is 1.21 bits per heavy atom. The molecule has 1 nitrogen and oxygen atoms in total. The van der Waals surface area contributed by atoms with Crippen LogP contribution in [0.25, 0.3) is 0 Å². The van der Waals surface area contributed by atoms with Gasteiger partial charge in [0.15, 0.2) is 0 Å². The van der Waals surface area contributed by atoms with Crippen molar-refractivity contribution >= 4 is 0 Å². The molecule has 0 bridgehead atoms. The minimum absolute atomic E-state index is 0.396. The highest BCUT2D eigenvalue weighted by molar-refractivity contribution is 5.33. The lowest BCUT2D eigenvalue weighted by atomic mass is 10.1. The van der Waals surface area contributed by atoms with Crippen molar-refractivity contribution in [1.82, 2.24) is 0 Å². The second-order valence-electron chi connectivity index (χ2n) is 3.45. The molecule has 1 aromatic rings. The fourth-order valence-corrected chi connectivity index (χ4v) is 1.33. The molecule has 0 aliphatic rings. The van der Waals surface area contributed by atoms with E-state index in [1.165, 1.54) is 12.8 Å². The number of rotatable bonds is 5. The molecule has 0 saturated carbocycles. The smallest absolute Gasteiger partial charge is 0.119 e. The molecule has 0 aliphatic heterocycles. The van der Waals surface area contributed by atoms with Gasteiger partial charge in [0, 0.05) is 0 Å². The van der Waals surface area contributed by atoms with Crippen LogP contribution in [0.2, 0.25) is 0 Å². The van der Waals surface area contributed by atoms with Gasteiger partial charge in [-0.3, -0.25) is 0 Å². The van der Waals surface area contributed by atoms with Crippen LogP contribution in [-0.2, 0) is 6.42 Å². The summed E-state index contributed by atoms with van der Waals surface area (Å²) in [6.45, 7) is 2.19. The van der Waals surface area contributed by atoms with Gasteiger partial charge in [-0.25, -0.2) is 0 Å².